The van der Waals surface area contributed by atoms with Crippen molar-refractivity contribution in [1.82, 2.24) is 9.78 Å². The lowest BCUT2D eigenvalue weighted by atomic mass is 9.88. The molecule has 1 aromatic carbocycles. The largest absolute Gasteiger partial charge is 0.324 e. The van der Waals surface area contributed by atoms with Gasteiger partial charge >= 0.3 is 0 Å². The molecule has 0 fully saturated rings. The summed E-state index contributed by atoms with van der Waals surface area (Å²) in [4.78, 5) is 24.3. The molecular formula is C18H21N3O2. The predicted molar refractivity (Wildman–Crippen MR) is 89.5 cm³/mol. The lowest BCUT2D eigenvalue weighted by Gasteiger charge is -2.20. The number of carbonyl (C=O) groups is 1. The fourth-order valence-electron chi connectivity index (χ4n) is 2.99. The van der Waals surface area contributed by atoms with Crippen molar-refractivity contribution in [3.05, 3.63) is 57.5 Å². The number of benzene rings is 1. The number of hydrogen-bond acceptors (Lipinski definition) is 3. The summed E-state index contributed by atoms with van der Waals surface area (Å²) in [6, 6.07) is 9.21. The number of aromatic nitrogens is 2. The van der Waals surface area contributed by atoms with E-state index in [1.807, 2.05) is 31.2 Å². The van der Waals surface area contributed by atoms with E-state index in [1.165, 1.54) is 4.68 Å². The normalized spacial score (nSPS) is 16.7. The fraction of sp³-hybridized carbons (Fsp3) is 0.389. The smallest absolute Gasteiger partial charge is 0.267 e. The third-order valence-corrected chi connectivity index (χ3v) is 4.20. The topological polar surface area (TPSA) is 64.0 Å². The van der Waals surface area contributed by atoms with Crippen LogP contribution in [0.4, 0.5) is 5.69 Å². The molecule has 0 radical (unpaired) electrons. The van der Waals surface area contributed by atoms with Crippen molar-refractivity contribution in [1.29, 1.82) is 0 Å². The molecule has 5 heteroatoms. The first-order valence-electron chi connectivity index (χ1n) is 7.97. The Morgan fingerprint density at radius 1 is 1.39 bits per heavy atom. The number of nitrogens with zero attached hydrogens (tertiary/aromatic N) is 2. The maximum atomic E-state index is 12.2. The van der Waals surface area contributed by atoms with Crippen molar-refractivity contribution >= 4 is 11.6 Å². The number of rotatable bonds is 3. The molecular weight excluding hydrogens is 290 g/mol. The number of anilines is 1. The van der Waals surface area contributed by atoms with Crippen LogP contribution in [0.5, 0.6) is 0 Å². The van der Waals surface area contributed by atoms with Crippen LogP contribution in [0, 0.1) is 12.8 Å². The fourth-order valence-corrected chi connectivity index (χ4v) is 2.99. The van der Waals surface area contributed by atoms with E-state index in [2.05, 4.69) is 17.3 Å². The Morgan fingerprint density at radius 2 is 2.22 bits per heavy atom. The molecule has 0 saturated heterocycles. The molecule has 0 aliphatic heterocycles. The van der Waals surface area contributed by atoms with Gasteiger partial charge in [0.1, 0.15) is 6.54 Å². The average molecular weight is 311 g/mol. The standard InChI is InChI=1S/C18H21N3O2/c1-12-4-3-5-15(9-12)19-17(22)11-21-18(23)10-14-8-13(2)6-7-16(14)20-21/h3-5,9-10,13H,6-8,11H2,1-2H3,(H,19,22)/t13-/m0/s1. The zero-order chi connectivity index (χ0) is 16.4. The molecule has 1 aliphatic carbocycles. The summed E-state index contributed by atoms with van der Waals surface area (Å²) < 4.78 is 1.26. The van der Waals surface area contributed by atoms with Crippen molar-refractivity contribution in [2.75, 3.05) is 5.32 Å². The maximum Gasteiger partial charge on any atom is 0.267 e. The second kappa shape index (κ2) is 6.36. The van der Waals surface area contributed by atoms with Gasteiger partial charge in [-0.15, -0.1) is 0 Å². The van der Waals surface area contributed by atoms with Gasteiger partial charge in [0.15, 0.2) is 0 Å². The highest BCUT2D eigenvalue weighted by atomic mass is 16.2. The van der Waals surface area contributed by atoms with E-state index in [0.717, 1.165) is 41.8 Å². The number of amides is 1. The summed E-state index contributed by atoms with van der Waals surface area (Å²) in [5, 5.41) is 7.20. The van der Waals surface area contributed by atoms with Crippen LogP contribution in [0.15, 0.2) is 35.1 Å². The Kier molecular flexibility index (Phi) is 4.28. The molecule has 0 spiro atoms. The zero-order valence-electron chi connectivity index (χ0n) is 13.5. The van der Waals surface area contributed by atoms with E-state index in [4.69, 9.17) is 0 Å². The SMILES string of the molecule is Cc1cccc(NC(=O)Cn2nc3c(cc2=O)C[C@@H](C)CC3)c1. The number of nitrogens with one attached hydrogen (secondary N) is 1. The summed E-state index contributed by atoms with van der Waals surface area (Å²) in [5.74, 6) is 0.346. The average Bonchev–Trinajstić information content (AvgIpc) is 2.48. The molecule has 23 heavy (non-hydrogen) atoms. The molecule has 1 aliphatic rings. The van der Waals surface area contributed by atoms with Gasteiger partial charge in [-0.1, -0.05) is 19.1 Å². The first-order valence-corrected chi connectivity index (χ1v) is 7.97. The maximum absolute atomic E-state index is 12.2. The van der Waals surface area contributed by atoms with Gasteiger partial charge < -0.3 is 5.32 Å². The minimum atomic E-state index is -0.241. The summed E-state index contributed by atoms with van der Waals surface area (Å²) in [5.41, 5.74) is 3.57. The van der Waals surface area contributed by atoms with Crippen molar-refractivity contribution in [2.45, 2.75) is 39.7 Å². The molecule has 1 atom stereocenters. The van der Waals surface area contributed by atoms with Crippen molar-refractivity contribution in [2.24, 2.45) is 5.92 Å². The summed E-state index contributed by atoms with van der Waals surface area (Å²) in [7, 11) is 0. The second-order valence-electron chi connectivity index (χ2n) is 6.38. The quantitative estimate of drug-likeness (QED) is 0.946. The Balaban J connectivity index is 1.75. The third-order valence-electron chi connectivity index (χ3n) is 4.20. The lowest BCUT2D eigenvalue weighted by Crippen LogP contribution is -2.32. The first-order chi connectivity index (χ1) is 11.0. The minimum absolute atomic E-state index is 0.0599. The molecule has 2 aromatic rings. The summed E-state index contributed by atoms with van der Waals surface area (Å²) >= 11 is 0. The molecule has 1 heterocycles. The van der Waals surface area contributed by atoms with Gasteiger partial charge in [0.05, 0.1) is 5.69 Å². The van der Waals surface area contributed by atoms with Crippen LogP contribution in [0.25, 0.3) is 0 Å². The van der Waals surface area contributed by atoms with E-state index in [0.29, 0.717) is 5.92 Å². The molecule has 5 nitrogen and oxygen atoms in total. The highest BCUT2D eigenvalue weighted by Gasteiger charge is 2.18. The zero-order valence-corrected chi connectivity index (χ0v) is 13.5. The molecule has 1 N–H and O–H groups in total. The molecule has 1 amide bonds. The lowest BCUT2D eigenvalue weighted by molar-refractivity contribution is -0.117. The highest BCUT2D eigenvalue weighted by molar-refractivity contribution is 5.90. The van der Waals surface area contributed by atoms with Crippen molar-refractivity contribution in [3.8, 4) is 0 Å². The van der Waals surface area contributed by atoms with Crippen LogP contribution in [0.2, 0.25) is 0 Å². The van der Waals surface area contributed by atoms with Crippen LogP contribution in [-0.4, -0.2) is 15.7 Å². The summed E-state index contributed by atoms with van der Waals surface area (Å²) in [6.45, 7) is 4.09. The Hall–Kier alpha value is -2.43. The molecule has 3 rings (SSSR count). The molecule has 1 aromatic heterocycles. The molecule has 0 bridgehead atoms. The predicted octanol–water partition coefficient (Wildman–Crippen LogP) is 2.32. The van der Waals surface area contributed by atoms with E-state index in [1.54, 1.807) is 6.07 Å². The van der Waals surface area contributed by atoms with E-state index in [-0.39, 0.29) is 18.0 Å². The van der Waals surface area contributed by atoms with Crippen LogP contribution in [0.1, 0.15) is 30.2 Å². The van der Waals surface area contributed by atoms with Gasteiger partial charge in [-0.25, -0.2) is 4.68 Å². The van der Waals surface area contributed by atoms with Crippen molar-refractivity contribution in [3.63, 3.8) is 0 Å². The summed E-state index contributed by atoms with van der Waals surface area (Å²) in [6.07, 6.45) is 2.85. The third kappa shape index (κ3) is 3.67. The van der Waals surface area contributed by atoms with E-state index >= 15 is 0 Å². The molecule has 0 saturated carbocycles. The van der Waals surface area contributed by atoms with Gasteiger partial charge in [-0.3, -0.25) is 9.59 Å². The van der Waals surface area contributed by atoms with Crippen LogP contribution < -0.4 is 10.9 Å². The number of hydrogen-bond donors (Lipinski definition) is 1. The van der Waals surface area contributed by atoms with Crippen molar-refractivity contribution < 1.29 is 4.79 Å². The number of carbonyl (C=O) groups excluding carboxylic acids is 1. The molecule has 0 unspecified atom stereocenters. The van der Waals surface area contributed by atoms with Crippen LogP contribution in [-0.2, 0) is 24.2 Å². The minimum Gasteiger partial charge on any atom is -0.324 e. The number of aryl methyl sites for hydroxylation is 2. The van der Waals surface area contributed by atoms with Gasteiger partial charge in [0.2, 0.25) is 5.91 Å². The Bertz CT molecular complexity index is 795. The Labute approximate surface area is 135 Å². The van der Waals surface area contributed by atoms with Gasteiger partial charge in [0, 0.05) is 11.8 Å². The van der Waals surface area contributed by atoms with Gasteiger partial charge in [-0.2, -0.15) is 5.10 Å². The van der Waals surface area contributed by atoms with E-state index in [9.17, 15) is 9.59 Å². The Morgan fingerprint density at radius 3 is 3.00 bits per heavy atom. The van der Waals surface area contributed by atoms with Crippen LogP contribution >= 0.6 is 0 Å². The highest BCUT2D eigenvalue weighted by Crippen LogP contribution is 2.22. The van der Waals surface area contributed by atoms with Gasteiger partial charge in [0.25, 0.3) is 5.56 Å². The van der Waals surface area contributed by atoms with Gasteiger partial charge in [-0.05, 0) is 55.4 Å². The molecule has 120 valence electrons. The number of fused-ring (bicyclic) bond motifs is 1. The van der Waals surface area contributed by atoms with E-state index < -0.39 is 0 Å². The first kappa shape index (κ1) is 15.5. The van der Waals surface area contributed by atoms with Crippen LogP contribution in [0.3, 0.4) is 0 Å². The monoisotopic (exact) mass is 311 g/mol. The second-order valence-corrected chi connectivity index (χ2v) is 6.38.